The third-order valence-corrected chi connectivity index (χ3v) is 5.47. The minimum absolute atomic E-state index is 0.0995. The first-order valence-electron chi connectivity index (χ1n) is 9.51. The number of imide groups is 1. The monoisotopic (exact) mass is 413 g/mol. The van der Waals surface area contributed by atoms with Crippen LogP contribution in [0.2, 0.25) is 0 Å². The molecule has 0 bridgehead atoms. The molecule has 0 aliphatic carbocycles. The molecule has 2 aromatic rings. The first-order valence-corrected chi connectivity index (χ1v) is 9.51. The number of H-pyrrole nitrogens is 1. The average Bonchev–Trinajstić information content (AvgIpc) is 3.31. The zero-order valence-corrected chi connectivity index (χ0v) is 16.0. The quantitative estimate of drug-likeness (QED) is 0.440. The number of hydrogen-bond donors (Lipinski definition) is 1. The second-order valence-electron chi connectivity index (χ2n) is 7.24. The van der Waals surface area contributed by atoms with Crippen molar-refractivity contribution in [3.63, 3.8) is 0 Å². The van der Waals surface area contributed by atoms with Crippen LogP contribution >= 0.6 is 0 Å². The van der Waals surface area contributed by atoms with Gasteiger partial charge in [0.05, 0.1) is 10.5 Å². The van der Waals surface area contributed by atoms with E-state index < -0.39 is 4.92 Å². The van der Waals surface area contributed by atoms with Crippen molar-refractivity contribution in [2.24, 2.45) is 0 Å². The van der Waals surface area contributed by atoms with Crippen LogP contribution < -0.4 is 0 Å². The highest BCUT2D eigenvalue weighted by Crippen LogP contribution is 2.25. The highest BCUT2D eigenvalue weighted by Gasteiger charge is 2.33. The molecule has 0 radical (unpaired) electrons. The van der Waals surface area contributed by atoms with E-state index in [-0.39, 0.29) is 74.9 Å². The van der Waals surface area contributed by atoms with Gasteiger partial charge in [0.2, 0.25) is 17.7 Å². The number of carbonyl (C=O) groups excluding carboxylic acids is 4. The number of amides is 4. The molecule has 156 valence electrons. The molecule has 30 heavy (non-hydrogen) atoms. The standard InChI is InChI=1S/C19H19N5O6/c25-16-3-4-17(26)23(16)11-18(27)21-5-7-22(8-6-21)19(28)14-10-20-15-2-1-12(24(29)30)9-13(14)15/h1-2,9-10,20H,3-8,11H2. The third kappa shape index (κ3) is 3.49. The second-order valence-corrected chi connectivity index (χ2v) is 7.24. The minimum atomic E-state index is -0.513. The van der Waals surface area contributed by atoms with Crippen molar-refractivity contribution >= 4 is 40.2 Å². The van der Waals surface area contributed by atoms with Gasteiger partial charge in [-0.3, -0.25) is 34.2 Å². The van der Waals surface area contributed by atoms with Gasteiger partial charge in [-0.15, -0.1) is 0 Å². The molecule has 0 spiro atoms. The van der Waals surface area contributed by atoms with Crippen LogP contribution in [0.5, 0.6) is 0 Å². The summed E-state index contributed by atoms with van der Waals surface area (Å²) in [5.41, 5.74) is 0.858. The summed E-state index contributed by atoms with van der Waals surface area (Å²) < 4.78 is 0. The van der Waals surface area contributed by atoms with Crippen LogP contribution in [-0.2, 0) is 14.4 Å². The number of aromatic amines is 1. The number of nitrogens with one attached hydrogen (secondary N) is 1. The number of rotatable bonds is 4. The summed E-state index contributed by atoms with van der Waals surface area (Å²) in [5.74, 6) is -1.28. The van der Waals surface area contributed by atoms with Crippen LogP contribution in [0.15, 0.2) is 24.4 Å². The Balaban J connectivity index is 1.41. The van der Waals surface area contributed by atoms with Crippen LogP contribution in [0.1, 0.15) is 23.2 Å². The minimum Gasteiger partial charge on any atom is -0.360 e. The molecule has 2 fully saturated rings. The fourth-order valence-electron chi connectivity index (χ4n) is 3.76. The Kier molecular flexibility index (Phi) is 4.94. The maximum absolute atomic E-state index is 12.9. The Morgan fingerprint density at radius 1 is 1.03 bits per heavy atom. The number of hydrogen-bond acceptors (Lipinski definition) is 6. The number of non-ortho nitro benzene ring substituents is 1. The number of benzene rings is 1. The van der Waals surface area contributed by atoms with Crippen LogP contribution in [0.3, 0.4) is 0 Å². The van der Waals surface area contributed by atoms with Crippen molar-refractivity contribution in [2.75, 3.05) is 32.7 Å². The van der Waals surface area contributed by atoms with Gasteiger partial charge in [-0.25, -0.2) is 0 Å². The highest BCUT2D eigenvalue weighted by atomic mass is 16.6. The lowest BCUT2D eigenvalue weighted by Gasteiger charge is -2.35. The topological polar surface area (TPSA) is 137 Å². The van der Waals surface area contributed by atoms with Gasteiger partial charge in [0, 0.05) is 68.3 Å². The van der Waals surface area contributed by atoms with Crippen LogP contribution in [0.4, 0.5) is 5.69 Å². The molecular formula is C19H19N5O6. The van der Waals surface area contributed by atoms with E-state index in [1.165, 1.54) is 23.2 Å². The van der Waals surface area contributed by atoms with Crippen LogP contribution in [-0.4, -0.2) is 81.0 Å². The summed E-state index contributed by atoms with van der Waals surface area (Å²) in [4.78, 5) is 66.3. The molecule has 2 saturated heterocycles. The van der Waals surface area contributed by atoms with Gasteiger partial charge >= 0.3 is 0 Å². The van der Waals surface area contributed by atoms with E-state index in [9.17, 15) is 29.3 Å². The lowest BCUT2D eigenvalue weighted by atomic mass is 10.1. The highest BCUT2D eigenvalue weighted by molar-refractivity contribution is 6.07. The van der Waals surface area contributed by atoms with Crippen molar-refractivity contribution < 1.29 is 24.1 Å². The van der Waals surface area contributed by atoms with Gasteiger partial charge in [0.15, 0.2) is 0 Å². The van der Waals surface area contributed by atoms with E-state index >= 15 is 0 Å². The summed E-state index contributed by atoms with van der Waals surface area (Å²) >= 11 is 0. The average molecular weight is 413 g/mol. The zero-order valence-electron chi connectivity index (χ0n) is 16.0. The zero-order chi connectivity index (χ0) is 21.4. The predicted octanol–water partition coefficient (Wildman–Crippen LogP) is 0.510. The molecule has 2 aliphatic heterocycles. The Morgan fingerprint density at radius 3 is 2.30 bits per heavy atom. The normalized spacial score (nSPS) is 17.1. The number of nitrogens with zero attached hydrogens (tertiary/aromatic N) is 4. The maximum Gasteiger partial charge on any atom is 0.270 e. The molecule has 0 unspecified atom stereocenters. The molecule has 1 N–H and O–H groups in total. The molecular weight excluding hydrogens is 394 g/mol. The van der Waals surface area contributed by atoms with Crippen molar-refractivity contribution in [2.45, 2.75) is 12.8 Å². The van der Waals surface area contributed by atoms with Gasteiger partial charge in [0.1, 0.15) is 6.54 Å². The third-order valence-electron chi connectivity index (χ3n) is 5.47. The number of carbonyl (C=O) groups is 4. The molecule has 11 heteroatoms. The van der Waals surface area contributed by atoms with Crippen molar-refractivity contribution in [1.29, 1.82) is 0 Å². The van der Waals surface area contributed by atoms with E-state index in [0.717, 1.165) is 4.90 Å². The molecule has 2 aliphatic rings. The van der Waals surface area contributed by atoms with Crippen molar-refractivity contribution in [3.8, 4) is 0 Å². The van der Waals surface area contributed by atoms with Crippen LogP contribution in [0.25, 0.3) is 10.9 Å². The van der Waals surface area contributed by atoms with E-state index in [1.54, 1.807) is 11.0 Å². The Bertz CT molecular complexity index is 1050. The number of piperazine rings is 1. The number of likely N-dealkylation sites (tertiary alicyclic amines) is 1. The number of fused-ring (bicyclic) bond motifs is 1. The second kappa shape index (κ2) is 7.58. The SMILES string of the molecule is O=C(CN1C(=O)CCC1=O)N1CCN(C(=O)c2c[nH]c3ccc([N+](=O)[O-])cc23)CC1. The molecule has 1 aromatic carbocycles. The molecule has 4 amide bonds. The van der Waals surface area contributed by atoms with E-state index in [0.29, 0.717) is 16.5 Å². The molecule has 3 heterocycles. The number of aromatic nitrogens is 1. The lowest BCUT2D eigenvalue weighted by Crippen LogP contribution is -2.53. The predicted molar refractivity (Wildman–Crippen MR) is 103 cm³/mol. The molecule has 4 rings (SSSR count). The van der Waals surface area contributed by atoms with E-state index in [1.807, 2.05) is 0 Å². The van der Waals surface area contributed by atoms with Gasteiger partial charge in [-0.1, -0.05) is 0 Å². The van der Waals surface area contributed by atoms with Crippen molar-refractivity contribution in [1.82, 2.24) is 19.7 Å². The lowest BCUT2D eigenvalue weighted by molar-refractivity contribution is -0.384. The molecule has 0 saturated carbocycles. The summed E-state index contributed by atoms with van der Waals surface area (Å²) in [7, 11) is 0. The Labute approximate surface area is 170 Å². The van der Waals surface area contributed by atoms with E-state index in [2.05, 4.69) is 4.98 Å². The summed E-state index contributed by atoms with van der Waals surface area (Å²) in [5, 5.41) is 11.5. The maximum atomic E-state index is 12.9. The number of nitro groups is 1. The van der Waals surface area contributed by atoms with Gasteiger partial charge < -0.3 is 14.8 Å². The Morgan fingerprint density at radius 2 is 1.67 bits per heavy atom. The number of nitro benzene ring substituents is 1. The van der Waals surface area contributed by atoms with Gasteiger partial charge in [-0.2, -0.15) is 0 Å². The van der Waals surface area contributed by atoms with Gasteiger partial charge in [0.25, 0.3) is 11.6 Å². The summed E-state index contributed by atoms with van der Waals surface area (Å²) in [6, 6.07) is 4.29. The Hall–Kier alpha value is -3.76. The molecule has 1 aromatic heterocycles. The first-order chi connectivity index (χ1) is 14.3. The fraction of sp³-hybridized carbons (Fsp3) is 0.368. The summed E-state index contributed by atoms with van der Waals surface area (Å²) in [6.45, 7) is 0.868. The van der Waals surface area contributed by atoms with E-state index in [4.69, 9.17) is 0 Å². The first kappa shape index (κ1) is 19.6. The smallest absolute Gasteiger partial charge is 0.270 e. The van der Waals surface area contributed by atoms with Gasteiger partial charge in [-0.05, 0) is 6.07 Å². The van der Waals surface area contributed by atoms with Crippen LogP contribution in [0, 0.1) is 10.1 Å². The largest absolute Gasteiger partial charge is 0.360 e. The molecule has 0 atom stereocenters. The summed E-state index contributed by atoms with van der Waals surface area (Å²) in [6.07, 6.45) is 1.80. The molecule has 11 nitrogen and oxygen atoms in total. The van der Waals surface area contributed by atoms with Crippen molar-refractivity contribution in [3.05, 3.63) is 40.1 Å². The fourth-order valence-corrected chi connectivity index (χ4v) is 3.76.